The molecule has 2 aromatic rings. The number of aromatic nitrogens is 3. The molecule has 0 aliphatic heterocycles. The van der Waals surface area contributed by atoms with E-state index in [4.69, 9.17) is 11.6 Å². The fourth-order valence-electron chi connectivity index (χ4n) is 1.94. The molecule has 2 rings (SSSR count). The lowest BCUT2D eigenvalue weighted by Gasteiger charge is -2.11. The summed E-state index contributed by atoms with van der Waals surface area (Å²) >= 11 is 9.31. The van der Waals surface area contributed by atoms with E-state index >= 15 is 0 Å². The van der Waals surface area contributed by atoms with E-state index in [1.165, 1.54) is 6.20 Å². The van der Waals surface area contributed by atoms with Crippen molar-refractivity contribution in [3.8, 4) is 0 Å². The molecule has 0 aliphatic rings. The molecule has 4 nitrogen and oxygen atoms in total. The third kappa shape index (κ3) is 3.16. The fourth-order valence-corrected chi connectivity index (χ4v) is 2.49. The molecule has 2 heterocycles. The minimum absolute atomic E-state index is 0.462. The molecule has 1 atom stereocenters. The number of pyridine rings is 1. The first-order chi connectivity index (χ1) is 9.02. The molecule has 0 bridgehead atoms. The molecule has 0 saturated heterocycles. The number of hydrogen-bond donors (Lipinski definition) is 1. The van der Waals surface area contributed by atoms with Crippen molar-refractivity contribution in [3.63, 3.8) is 0 Å². The van der Waals surface area contributed by atoms with E-state index in [2.05, 4.69) is 26.0 Å². The molecule has 102 valence electrons. The van der Waals surface area contributed by atoms with Gasteiger partial charge < -0.3 is 5.11 Å². The second kappa shape index (κ2) is 6.03. The Morgan fingerprint density at radius 3 is 2.79 bits per heavy atom. The lowest BCUT2D eigenvalue weighted by Crippen LogP contribution is -2.10. The van der Waals surface area contributed by atoms with Crippen molar-refractivity contribution in [2.75, 3.05) is 0 Å². The smallest absolute Gasteiger partial charge is 0.101 e. The largest absolute Gasteiger partial charge is 0.386 e. The molecule has 1 unspecified atom stereocenters. The quantitative estimate of drug-likeness (QED) is 0.926. The van der Waals surface area contributed by atoms with Gasteiger partial charge in [-0.3, -0.25) is 9.67 Å². The summed E-state index contributed by atoms with van der Waals surface area (Å²) in [6.07, 6.45) is 1.33. The minimum atomic E-state index is -0.671. The van der Waals surface area contributed by atoms with Gasteiger partial charge in [0.15, 0.2) is 0 Å². The van der Waals surface area contributed by atoms with Crippen molar-refractivity contribution in [2.24, 2.45) is 0 Å². The van der Waals surface area contributed by atoms with Crippen LogP contribution in [0.25, 0.3) is 0 Å². The Morgan fingerprint density at radius 2 is 2.21 bits per heavy atom. The molecule has 1 N–H and O–H groups in total. The number of aliphatic hydroxyl groups excluding tert-OH is 1. The predicted octanol–water partition coefficient (Wildman–Crippen LogP) is 3.30. The summed E-state index contributed by atoms with van der Waals surface area (Å²) in [5.41, 5.74) is 2.51. The maximum atomic E-state index is 10.3. The molecule has 0 aromatic carbocycles. The van der Waals surface area contributed by atoms with Crippen molar-refractivity contribution in [2.45, 2.75) is 32.9 Å². The van der Waals surface area contributed by atoms with Crippen LogP contribution in [0.2, 0.25) is 5.02 Å². The third-order valence-corrected chi connectivity index (χ3v) is 4.19. The van der Waals surface area contributed by atoms with Crippen molar-refractivity contribution < 1.29 is 5.11 Å². The number of halogens is 2. The molecular weight excluding hydrogens is 330 g/mol. The summed E-state index contributed by atoms with van der Waals surface area (Å²) in [7, 11) is 0. The molecule has 0 fully saturated rings. The monoisotopic (exact) mass is 343 g/mol. The van der Waals surface area contributed by atoms with Crippen LogP contribution in [0.15, 0.2) is 22.8 Å². The van der Waals surface area contributed by atoms with E-state index in [1.807, 2.05) is 18.5 Å². The van der Waals surface area contributed by atoms with Crippen LogP contribution in [0.1, 0.15) is 30.1 Å². The molecule has 6 heteroatoms. The molecule has 0 saturated carbocycles. The predicted molar refractivity (Wildman–Crippen MR) is 78.2 cm³/mol. The van der Waals surface area contributed by atoms with Crippen molar-refractivity contribution in [1.29, 1.82) is 0 Å². The van der Waals surface area contributed by atoms with Crippen molar-refractivity contribution in [3.05, 3.63) is 44.9 Å². The van der Waals surface area contributed by atoms with E-state index in [0.717, 1.165) is 22.4 Å². The van der Waals surface area contributed by atoms with Crippen LogP contribution in [-0.2, 0) is 13.0 Å². The average molecular weight is 345 g/mol. The number of rotatable bonds is 4. The number of aliphatic hydroxyl groups is 1. The standard InChI is InChI=1S/C13H15BrClN3O/c1-3-18-11(13(14)8(2)17-18)6-12(19)10-5-4-9(15)7-16-10/h4-5,7,12,19H,3,6H2,1-2H3. The van der Waals surface area contributed by atoms with Gasteiger partial charge in [-0.05, 0) is 41.9 Å². The maximum absolute atomic E-state index is 10.3. The van der Waals surface area contributed by atoms with E-state index < -0.39 is 6.10 Å². The lowest BCUT2D eigenvalue weighted by atomic mass is 10.1. The van der Waals surface area contributed by atoms with Gasteiger partial charge in [-0.2, -0.15) is 5.10 Å². The van der Waals surface area contributed by atoms with E-state index in [0.29, 0.717) is 17.1 Å². The van der Waals surface area contributed by atoms with Crippen LogP contribution >= 0.6 is 27.5 Å². The van der Waals surface area contributed by atoms with E-state index in [1.54, 1.807) is 12.1 Å². The molecule has 0 aliphatic carbocycles. The Balaban J connectivity index is 2.23. The Morgan fingerprint density at radius 1 is 1.47 bits per heavy atom. The van der Waals surface area contributed by atoms with Crippen molar-refractivity contribution >= 4 is 27.5 Å². The highest BCUT2D eigenvalue weighted by molar-refractivity contribution is 9.10. The van der Waals surface area contributed by atoms with Gasteiger partial charge in [-0.1, -0.05) is 11.6 Å². The van der Waals surface area contributed by atoms with Crippen LogP contribution in [0, 0.1) is 6.92 Å². The molecule has 0 radical (unpaired) electrons. The molecular formula is C13H15BrClN3O. The SMILES string of the molecule is CCn1nc(C)c(Br)c1CC(O)c1ccc(Cl)cn1. The normalized spacial score (nSPS) is 12.7. The summed E-state index contributed by atoms with van der Waals surface area (Å²) in [6, 6.07) is 3.46. The zero-order valence-corrected chi connectivity index (χ0v) is 13.1. The maximum Gasteiger partial charge on any atom is 0.101 e. The summed E-state index contributed by atoms with van der Waals surface area (Å²) in [5.74, 6) is 0. The van der Waals surface area contributed by atoms with Crippen LogP contribution < -0.4 is 0 Å². The Kier molecular flexibility index (Phi) is 4.60. The van der Waals surface area contributed by atoms with Gasteiger partial charge in [-0.25, -0.2) is 0 Å². The van der Waals surface area contributed by atoms with E-state index in [-0.39, 0.29) is 0 Å². The van der Waals surface area contributed by atoms with Crippen molar-refractivity contribution in [1.82, 2.24) is 14.8 Å². The molecule has 0 spiro atoms. The summed E-state index contributed by atoms with van der Waals surface area (Å²) in [4.78, 5) is 4.14. The Bertz CT molecular complexity index is 568. The molecule has 0 amide bonds. The zero-order valence-electron chi connectivity index (χ0n) is 10.8. The summed E-state index contributed by atoms with van der Waals surface area (Å²) in [6.45, 7) is 4.73. The highest BCUT2D eigenvalue weighted by Gasteiger charge is 2.18. The summed E-state index contributed by atoms with van der Waals surface area (Å²) in [5, 5.41) is 15.2. The minimum Gasteiger partial charge on any atom is -0.386 e. The highest BCUT2D eigenvalue weighted by Crippen LogP contribution is 2.26. The van der Waals surface area contributed by atoms with Gasteiger partial charge in [0.05, 0.1) is 26.6 Å². The fraction of sp³-hybridized carbons (Fsp3) is 0.385. The first-order valence-electron chi connectivity index (χ1n) is 6.04. The zero-order chi connectivity index (χ0) is 14.0. The van der Waals surface area contributed by atoms with Crippen LogP contribution in [0.5, 0.6) is 0 Å². The Hall–Kier alpha value is -0.910. The Labute approximate surface area is 125 Å². The average Bonchev–Trinajstić information content (AvgIpc) is 2.67. The topological polar surface area (TPSA) is 50.9 Å². The van der Waals surface area contributed by atoms with Gasteiger partial charge in [-0.15, -0.1) is 0 Å². The van der Waals surface area contributed by atoms with Gasteiger partial charge in [0.25, 0.3) is 0 Å². The van der Waals surface area contributed by atoms with Gasteiger partial charge >= 0.3 is 0 Å². The van der Waals surface area contributed by atoms with Gasteiger partial charge in [0, 0.05) is 19.2 Å². The van der Waals surface area contributed by atoms with Gasteiger partial charge in [0.1, 0.15) is 6.10 Å². The first-order valence-corrected chi connectivity index (χ1v) is 7.21. The van der Waals surface area contributed by atoms with Gasteiger partial charge in [0.2, 0.25) is 0 Å². The second-order valence-corrected chi connectivity index (χ2v) is 5.51. The third-order valence-electron chi connectivity index (χ3n) is 2.93. The highest BCUT2D eigenvalue weighted by atomic mass is 79.9. The number of aryl methyl sites for hydroxylation is 2. The molecule has 19 heavy (non-hydrogen) atoms. The number of hydrogen-bond acceptors (Lipinski definition) is 3. The lowest BCUT2D eigenvalue weighted by molar-refractivity contribution is 0.170. The first kappa shape index (κ1) is 14.5. The second-order valence-electron chi connectivity index (χ2n) is 4.28. The van der Waals surface area contributed by atoms with E-state index in [9.17, 15) is 5.11 Å². The molecule has 2 aromatic heterocycles. The van der Waals surface area contributed by atoms with Crippen LogP contribution in [-0.4, -0.2) is 19.9 Å². The summed E-state index contributed by atoms with van der Waals surface area (Å²) < 4.78 is 2.83. The van der Waals surface area contributed by atoms with Crippen LogP contribution in [0.4, 0.5) is 0 Å². The number of nitrogens with zero attached hydrogens (tertiary/aromatic N) is 3. The van der Waals surface area contributed by atoms with Crippen LogP contribution in [0.3, 0.4) is 0 Å².